The highest BCUT2D eigenvalue weighted by Gasteiger charge is 2.09. The lowest BCUT2D eigenvalue weighted by Gasteiger charge is -2.09. The van der Waals surface area contributed by atoms with Crippen molar-refractivity contribution >= 4 is 22.6 Å². The lowest BCUT2D eigenvalue weighted by molar-refractivity contribution is -0.141. The van der Waals surface area contributed by atoms with Crippen molar-refractivity contribution in [2.24, 2.45) is 5.92 Å². The van der Waals surface area contributed by atoms with Crippen LogP contribution in [0.25, 0.3) is 10.8 Å². The second-order valence-corrected chi connectivity index (χ2v) is 4.91. The van der Waals surface area contributed by atoms with Gasteiger partial charge < -0.3 is 15.4 Å². The molecule has 106 valence electrons. The summed E-state index contributed by atoms with van der Waals surface area (Å²) in [5.74, 6) is -0.451. The van der Waals surface area contributed by atoms with Crippen LogP contribution in [0.3, 0.4) is 0 Å². The Morgan fingerprint density at radius 2 is 2.15 bits per heavy atom. The number of H-pyrrole nitrogens is 1. The molecule has 20 heavy (non-hydrogen) atoms. The van der Waals surface area contributed by atoms with Crippen molar-refractivity contribution in [2.75, 3.05) is 11.9 Å². The fourth-order valence-electron chi connectivity index (χ4n) is 2.06. The molecule has 0 spiro atoms. The molecule has 0 aliphatic heterocycles. The third-order valence-electron chi connectivity index (χ3n) is 3.30. The van der Waals surface area contributed by atoms with E-state index in [0.29, 0.717) is 24.2 Å². The Labute approximate surface area is 116 Å². The van der Waals surface area contributed by atoms with Gasteiger partial charge in [0.2, 0.25) is 0 Å². The number of hydrogen-bond donors (Lipinski definition) is 3. The molecule has 1 aromatic carbocycles. The van der Waals surface area contributed by atoms with Gasteiger partial charge in [-0.05, 0) is 30.4 Å². The van der Waals surface area contributed by atoms with Crippen LogP contribution >= 0.6 is 0 Å². The molecule has 1 atom stereocenters. The number of carboxylic acids is 1. The van der Waals surface area contributed by atoms with Crippen molar-refractivity contribution in [3.8, 4) is 0 Å². The molecule has 3 N–H and O–H groups in total. The molecule has 0 bridgehead atoms. The number of hydrogen-bond acceptors (Lipinski definition) is 3. The van der Waals surface area contributed by atoms with Crippen LogP contribution in [0.15, 0.2) is 35.1 Å². The smallest absolute Gasteiger partial charge is 0.306 e. The standard InChI is InChI=1S/C15H18N2O3/c1-10(15(19)20)5-4-8-16-13-9-11-6-2-3-7-12(11)14(18)17-13/h2-3,6-7,9-10H,4-5,8H2,1H3,(H,19,20)(H2,16,17,18). The summed E-state index contributed by atoms with van der Waals surface area (Å²) in [6.45, 7) is 2.33. The quantitative estimate of drug-likeness (QED) is 0.707. The highest BCUT2D eigenvalue weighted by Crippen LogP contribution is 2.13. The summed E-state index contributed by atoms with van der Waals surface area (Å²) < 4.78 is 0. The first-order valence-electron chi connectivity index (χ1n) is 6.66. The van der Waals surface area contributed by atoms with Crippen molar-refractivity contribution < 1.29 is 9.90 Å². The van der Waals surface area contributed by atoms with Crippen molar-refractivity contribution in [1.29, 1.82) is 0 Å². The lowest BCUT2D eigenvalue weighted by atomic mass is 10.1. The normalized spacial score (nSPS) is 12.2. The van der Waals surface area contributed by atoms with Gasteiger partial charge in [-0.15, -0.1) is 0 Å². The van der Waals surface area contributed by atoms with E-state index in [1.165, 1.54) is 0 Å². The van der Waals surface area contributed by atoms with Gasteiger partial charge in [-0.25, -0.2) is 0 Å². The number of rotatable bonds is 6. The van der Waals surface area contributed by atoms with Crippen LogP contribution in [0, 0.1) is 5.92 Å². The number of aromatic amines is 1. The van der Waals surface area contributed by atoms with Crippen LogP contribution in [0.4, 0.5) is 5.82 Å². The van der Waals surface area contributed by atoms with E-state index in [4.69, 9.17) is 5.11 Å². The maximum atomic E-state index is 11.9. The number of aromatic nitrogens is 1. The Kier molecular flexibility index (Phi) is 4.40. The van der Waals surface area contributed by atoms with Crippen molar-refractivity contribution in [1.82, 2.24) is 4.98 Å². The van der Waals surface area contributed by atoms with Gasteiger partial charge in [0, 0.05) is 11.9 Å². The van der Waals surface area contributed by atoms with Crippen molar-refractivity contribution in [2.45, 2.75) is 19.8 Å². The fourth-order valence-corrected chi connectivity index (χ4v) is 2.06. The van der Waals surface area contributed by atoms with Gasteiger partial charge >= 0.3 is 5.97 Å². The summed E-state index contributed by atoms with van der Waals surface area (Å²) in [6, 6.07) is 9.28. The minimum absolute atomic E-state index is 0.121. The molecule has 1 heterocycles. The van der Waals surface area contributed by atoms with E-state index in [0.717, 1.165) is 11.8 Å². The number of benzene rings is 1. The zero-order valence-electron chi connectivity index (χ0n) is 11.3. The molecule has 0 aliphatic rings. The van der Waals surface area contributed by atoms with Crippen LogP contribution in [0.1, 0.15) is 19.8 Å². The fraction of sp³-hybridized carbons (Fsp3) is 0.333. The van der Waals surface area contributed by atoms with Crippen LogP contribution in [-0.2, 0) is 4.79 Å². The maximum absolute atomic E-state index is 11.9. The average Bonchev–Trinajstić information content (AvgIpc) is 2.43. The molecule has 2 rings (SSSR count). The van der Waals surface area contributed by atoms with E-state index in [1.54, 1.807) is 13.0 Å². The van der Waals surface area contributed by atoms with Gasteiger partial charge in [0.15, 0.2) is 0 Å². The molecule has 0 radical (unpaired) electrons. The van der Waals surface area contributed by atoms with E-state index in [-0.39, 0.29) is 11.5 Å². The molecule has 0 saturated heterocycles. The van der Waals surface area contributed by atoms with Crippen LogP contribution in [0.5, 0.6) is 0 Å². The number of pyridine rings is 1. The predicted octanol–water partition coefficient (Wildman–Crippen LogP) is 2.44. The van der Waals surface area contributed by atoms with E-state index >= 15 is 0 Å². The second-order valence-electron chi connectivity index (χ2n) is 4.91. The molecular formula is C15H18N2O3. The van der Waals surface area contributed by atoms with E-state index in [9.17, 15) is 9.59 Å². The van der Waals surface area contributed by atoms with Gasteiger partial charge in [-0.1, -0.05) is 25.1 Å². The number of fused-ring (bicyclic) bond motifs is 1. The molecular weight excluding hydrogens is 256 g/mol. The zero-order valence-corrected chi connectivity index (χ0v) is 11.3. The largest absolute Gasteiger partial charge is 0.481 e. The Morgan fingerprint density at radius 3 is 2.90 bits per heavy atom. The number of aliphatic carboxylic acids is 1. The van der Waals surface area contributed by atoms with E-state index in [2.05, 4.69) is 10.3 Å². The zero-order chi connectivity index (χ0) is 14.5. The molecule has 5 nitrogen and oxygen atoms in total. The molecule has 5 heteroatoms. The predicted molar refractivity (Wildman–Crippen MR) is 79.1 cm³/mol. The summed E-state index contributed by atoms with van der Waals surface area (Å²) in [6.07, 6.45) is 1.35. The third kappa shape index (κ3) is 3.38. The first-order chi connectivity index (χ1) is 9.58. The first-order valence-corrected chi connectivity index (χ1v) is 6.66. The number of carbonyl (C=O) groups is 1. The lowest BCUT2D eigenvalue weighted by Crippen LogP contribution is -2.14. The Bertz CT molecular complexity index is 663. The molecule has 0 aliphatic carbocycles. The minimum Gasteiger partial charge on any atom is -0.481 e. The number of carboxylic acid groups (broad SMARTS) is 1. The van der Waals surface area contributed by atoms with Crippen LogP contribution in [-0.4, -0.2) is 22.6 Å². The summed E-state index contributed by atoms with van der Waals surface area (Å²) in [7, 11) is 0. The average molecular weight is 274 g/mol. The maximum Gasteiger partial charge on any atom is 0.306 e. The van der Waals surface area contributed by atoms with Crippen LogP contribution in [0.2, 0.25) is 0 Å². The highest BCUT2D eigenvalue weighted by atomic mass is 16.4. The number of anilines is 1. The van der Waals surface area contributed by atoms with Gasteiger partial charge in [-0.3, -0.25) is 9.59 Å². The van der Waals surface area contributed by atoms with E-state index < -0.39 is 5.97 Å². The molecule has 2 aromatic rings. The molecule has 1 unspecified atom stereocenters. The summed E-state index contributed by atoms with van der Waals surface area (Å²) in [4.78, 5) is 25.3. The van der Waals surface area contributed by atoms with Gasteiger partial charge in [0.1, 0.15) is 5.82 Å². The van der Waals surface area contributed by atoms with Gasteiger partial charge in [0.25, 0.3) is 5.56 Å². The monoisotopic (exact) mass is 274 g/mol. The molecule has 0 amide bonds. The van der Waals surface area contributed by atoms with Gasteiger partial charge in [-0.2, -0.15) is 0 Å². The third-order valence-corrected chi connectivity index (χ3v) is 3.30. The Balaban J connectivity index is 1.97. The summed E-state index contributed by atoms with van der Waals surface area (Å²) >= 11 is 0. The van der Waals surface area contributed by atoms with Crippen molar-refractivity contribution in [3.05, 3.63) is 40.7 Å². The van der Waals surface area contributed by atoms with Gasteiger partial charge in [0.05, 0.1) is 5.92 Å². The second kappa shape index (κ2) is 6.23. The molecule has 0 saturated carbocycles. The van der Waals surface area contributed by atoms with E-state index in [1.807, 2.05) is 24.3 Å². The minimum atomic E-state index is -0.774. The first kappa shape index (κ1) is 14.1. The molecule has 1 aromatic heterocycles. The Morgan fingerprint density at radius 1 is 1.40 bits per heavy atom. The topological polar surface area (TPSA) is 82.2 Å². The SMILES string of the molecule is CC(CCCNc1cc2ccccc2c(=O)[nH]1)C(=O)O. The summed E-state index contributed by atoms with van der Waals surface area (Å²) in [5, 5.41) is 13.5. The summed E-state index contributed by atoms with van der Waals surface area (Å²) in [5.41, 5.74) is -0.121. The molecule has 0 fully saturated rings. The Hall–Kier alpha value is -2.30. The highest BCUT2D eigenvalue weighted by molar-refractivity contribution is 5.83. The van der Waals surface area contributed by atoms with Crippen LogP contribution < -0.4 is 10.9 Å². The number of nitrogens with one attached hydrogen (secondary N) is 2. The van der Waals surface area contributed by atoms with Crippen molar-refractivity contribution in [3.63, 3.8) is 0 Å².